The zero-order valence-corrected chi connectivity index (χ0v) is 18.7. The van der Waals surface area contributed by atoms with Crippen molar-refractivity contribution in [3.8, 4) is 11.3 Å². The number of hydrogen-bond acceptors (Lipinski definition) is 5. The Kier molecular flexibility index (Phi) is 5.50. The third kappa shape index (κ3) is 4.17. The van der Waals surface area contributed by atoms with Crippen molar-refractivity contribution in [1.29, 1.82) is 0 Å². The topological polar surface area (TPSA) is 64.2 Å². The second-order valence-electron chi connectivity index (χ2n) is 7.16. The molecule has 3 aromatic heterocycles. The van der Waals surface area contributed by atoms with E-state index in [1.165, 1.54) is 35.2 Å². The van der Waals surface area contributed by atoms with Crippen molar-refractivity contribution in [2.75, 3.05) is 5.32 Å². The highest BCUT2D eigenvalue weighted by Gasteiger charge is 2.15. The number of nitrogens with zero attached hydrogens (tertiary/aromatic N) is 4. The number of halogens is 1. The number of imidazole rings is 2. The third-order valence-electron chi connectivity index (χ3n) is 4.89. The molecule has 0 fully saturated rings. The van der Waals surface area contributed by atoms with Crippen molar-refractivity contribution >= 4 is 39.7 Å². The molecule has 5 rings (SSSR count). The predicted molar refractivity (Wildman–Crippen MR) is 125 cm³/mol. The van der Waals surface area contributed by atoms with Gasteiger partial charge in [-0.15, -0.1) is 11.3 Å². The van der Waals surface area contributed by atoms with Crippen molar-refractivity contribution < 1.29 is 9.18 Å². The smallest absolute Gasteiger partial charge is 0.230 e. The highest BCUT2D eigenvalue weighted by atomic mass is 32.2. The Morgan fingerprint density at radius 1 is 1.22 bits per heavy atom. The Balaban J connectivity index is 1.36. The summed E-state index contributed by atoms with van der Waals surface area (Å²) in [6, 6.07) is 14.3. The molecule has 32 heavy (non-hydrogen) atoms. The fourth-order valence-electron chi connectivity index (χ4n) is 3.30. The molecule has 0 aliphatic heterocycles. The van der Waals surface area contributed by atoms with Gasteiger partial charge in [-0.3, -0.25) is 9.20 Å². The van der Waals surface area contributed by atoms with Crippen molar-refractivity contribution in [3.05, 3.63) is 84.0 Å². The van der Waals surface area contributed by atoms with Gasteiger partial charge < -0.3 is 9.88 Å². The lowest BCUT2D eigenvalue weighted by Gasteiger charge is -2.11. The molecule has 0 saturated heterocycles. The maximum absolute atomic E-state index is 13.9. The Labute approximate surface area is 191 Å². The Morgan fingerprint density at radius 2 is 2.06 bits per heavy atom. The first-order valence-electron chi connectivity index (χ1n) is 9.82. The van der Waals surface area contributed by atoms with E-state index in [-0.39, 0.29) is 12.3 Å². The average molecular weight is 464 g/mol. The number of rotatable bonds is 6. The normalized spacial score (nSPS) is 11.2. The van der Waals surface area contributed by atoms with Crippen LogP contribution in [-0.2, 0) is 18.3 Å². The van der Waals surface area contributed by atoms with Crippen LogP contribution in [0.1, 0.15) is 5.69 Å². The number of carbonyl (C=O) groups is 1. The predicted octanol–water partition coefficient (Wildman–Crippen LogP) is 5.27. The molecule has 9 heteroatoms. The zero-order valence-electron chi connectivity index (χ0n) is 17.0. The minimum atomic E-state index is -0.412. The van der Waals surface area contributed by atoms with E-state index in [1.807, 2.05) is 64.1 Å². The summed E-state index contributed by atoms with van der Waals surface area (Å²) in [6.45, 7) is 0. The molecule has 0 aliphatic carbocycles. The van der Waals surface area contributed by atoms with Crippen molar-refractivity contribution in [2.24, 2.45) is 7.05 Å². The molecular weight excluding hydrogens is 445 g/mol. The van der Waals surface area contributed by atoms with Gasteiger partial charge in [-0.25, -0.2) is 14.4 Å². The van der Waals surface area contributed by atoms with Gasteiger partial charge in [0, 0.05) is 47.2 Å². The van der Waals surface area contributed by atoms with Crippen molar-refractivity contribution in [1.82, 2.24) is 18.9 Å². The fraction of sp³-hybridized carbons (Fsp3) is 0.0870. The van der Waals surface area contributed by atoms with E-state index in [0.29, 0.717) is 5.69 Å². The standard InChI is InChI=1S/C23H18FN5OS2/c1-28-10-9-25-22(28)32-20-8-7-16(24)11-18(20)26-21(30)12-17-14-31-23-27-19(13-29(17)23)15-5-3-2-4-6-15/h2-11,13-14H,12H2,1H3,(H,26,30). The minimum Gasteiger partial charge on any atom is -0.329 e. The van der Waals surface area contributed by atoms with E-state index in [1.54, 1.807) is 12.3 Å². The van der Waals surface area contributed by atoms with Gasteiger partial charge in [0.1, 0.15) is 5.82 Å². The number of thiazole rings is 1. The number of anilines is 1. The number of fused-ring (bicyclic) bond motifs is 1. The van der Waals surface area contributed by atoms with Crippen LogP contribution in [-0.4, -0.2) is 24.8 Å². The number of benzene rings is 2. The van der Waals surface area contributed by atoms with Gasteiger partial charge in [-0.2, -0.15) is 0 Å². The minimum absolute atomic E-state index is 0.146. The van der Waals surface area contributed by atoms with Gasteiger partial charge in [0.2, 0.25) is 5.91 Å². The molecule has 0 bridgehead atoms. The second kappa shape index (κ2) is 8.60. The molecule has 5 aromatic rings. The van der Waals surface area contributed by atoms with Gasteiger partial charge in [0.05, 0.1) is 17.8 Å². The molecule has 0 saturated carbocycles. The highest BCUT2D eigenvalue weighted by molar-refractivity contribution is 7.99. The summed E-state index contributed by atoms with van der Waals surface area (Å²) in [7, 11) is 1.88. The largest absolute Gasteiger partial charge is 0.329 e. The summed E-state index contributed by atoms with van der Waals surface area (Å²) >= 11 is 2.85. The summed E-state index contributed by atoms with van der Waals surface area (Å²) in [4.78, 5) is 23.3. The number of aryl methyl sites for hydroxylation is 1. The lowest BCUT2D eigenvalue weighted by molar-refractivity contribution is -0.115. The molecule has 0 spiro atoms. The monoisotopic (exact) mass is 463 g/mol. The molecule has 3 heterocycles. The van der Waals surface area contributed by atoms with E-state index < -0.39 is 5.82 Å². The van der Waals surface area contributed by atoms with Crippen molar-refractivity contribution in [2.45, 2.75) is 16.5 Å². The SMILES string of the molecule is Cn1ccnc1Sc1ccc(F)cc1NC(=O)Cc1csc2nc(-c3ccccc3)cn12. The molecule has 0 atom stereocenters. The first-order chi connectivity index (χ1) is 15.6. The molecule has 0 aliphatic rings. The van der Waals surface area contributed by atoms with Crippen LogP contribution >= 0.6 is 23.1 Å². The number of hydrogen-bond donors (Lipinski definition) is 1. The van der Waals surface area contributed by atoms with Crippen molar-refractivity contribution in [3.63, 3.8) is 0 Å². The molecule has 0 unspecified atom stereocenters. The molecule has 1 amide bonds. The summed E-state index contributed by atoms with van der Waals surface area (Å²) in [5, 5.41) is 5.53. The van der Waals surface area contributed by atoms with E-state index in [9.17, 15) is 9.18 Å². The van der Waals surface area contributed by atoms with Crippen LogP contribution in [0.4, 0.5) is 10.1 Å². The van der Waals surface area contributed by atoms with Gasteiger partial charge in [-0.05, 0) is 30.0 Å². The van der Waals surface area contributed by atoms with Crippen LogP contribution < -0.4 is 5.32 Å². The van der Waals surface area contributed by atoms with Crippen LogP contribution in [0.2, 0.25) is 0 Å². The Hall–Kier alpha value is -3.43. The number of nitrogens with one attached hydrogen (secondary N) is 1. The molecule has 2 aromatic carbocycles. The molecule has 160 valence electrons. The van der Waals surface area contributed by atoms with Gasteiger partial charge >= 0.3 is 0 Å². The lowest BCUT2D eigenvalue weighted by atomic mass is 10.2. The molecular formula is C23H18FN5OS2. The van der Waals surface area contributed by atoms with Gasteiger partial charge in [-0.1, -0.05) is 30.3 Å². The summed E-state index contributed by atoms with van der Waals surface area (Å²) in [5.41, 5.74) is 3.13. The van der Waals surface area contributed by atoms with Crippen LogP contribution in [0.15, 0.2) is 82.6 Å². The first kappa shape index (κ1) is 20.5. The quantitative estimate of drug-likeness (QED) is 0.373. The Morgan fingerprint density at radius 3 is 2.84 bits per heavy atom. The Bertz CT molecular complexity index is 1410. The third-order valence-corrected chi connectivity index (χ3v) is 6.93. The maximum Gasteiger partial charge on any atom is 0.230 e. The summed E-state index contributed by atoms with van der Waals surface area (Å²) < 4.78 is 17.7. The number of aromatic nitrogens is 4. The van der Waals surface area contributed by atoms with Crippen LogP contribution in [0.3, 0.4) is 0 Å². The lowest BCUT2D eigenvalue weighted by Crippen LogP contribution is -2.16. The van der Waals surface area contributed by atoms with Gasteiger partial charge in [0.25, 0.3) is 0 Å². The zero-order chi connectivity index (χ0) is 22.1. The van der Waals surface area contributed by atoms with Crippen LogP contribution in [0.25, 0.3) is 16.2 Å². The molecule has 0 radical (unpaired) electrons. The van der Waals surface area contributed by atoms with Gasteiger partial charge in [0.15, 0.2) is 10.1 Å². The second-order valence-corrected chi connectivity index (χ2v) is 9.01. The van der Waals surface area contributed by atoms with E-state index >= 15 is 0 Å². The maximum atomic E-state index is 13.9. The first-order valence-corrected chi connectivity index (χ1v) is 11.5. The van der Waals surface area contributed by atoms with E-state index in [4.69, 9.17) is 0 Å². The molecule has 6 nitrogen and oxygen atoms in total. The van der Waals surface area contributed by atoms with E-state index in [0.717, 1.165) is 32.0 Å². The van der Waals surface area contributed by atoms with Crippen LogP contribution in [0.5, 0.6) is 0 Å². The molecule has 1 N–H and O–H groups in total. The van der Waals surface area contributed by atoms with E-state index in [2.05, 4.69) is 15.3 Å². The number of amides is 1. The fourth-order valence-corrected chi connectivity index (χ4v) is 5.04. The highest BCUT2D eigenvalue weighted by Crippen LogP contribution is 2.33. The summed E-state index contributed by atoms with van der Waals surface area (Å²) in [6.07, 6.45) is 5.61. The number of carbonyl (C=O) groups excluding carboxylic acids is 1. The summed E-state index contributed by atoms with van der Waals surface area (Å²) in [5.74, 6) is -0.642. The van der Waals surface area contributed by atoms with Crippen LogP contribution in [0, 0.1) is 5.82 Å². The average Bonchev–Trinajstić information content (AvgIpc) is 3.48.